The summed E-state index contributed by atoms with van der Waals surface area (Å²) in [4.78, 5) is 26.1. The quantitative estimate of drug-likeness (QED) is 0.140. The van der Waals surface area contributed by atoms with Crippen LogP contribution in [0.5, 0.6) is 17.2 Å². The van der Waals surface area contributed by atoms with Crippen molar-refractivity contribution in [3.05, 3.63) is 48.3 Å². The summed E-state index contributed by atoms with van der Waals surface area (Å²) in [6.45, 7) is 4.21. The van der Waals surface area contributed by atoms with Crippen LogP contribution in [0.2, 0.25) is 0 Å². The van der Waals surface area contributed by atoms with Crippen LogP contribution in [-0.4, -0.2) is 37.0 Å². The van der Waals surface area contributed by atoms with Crippen LogP contribution in [-0.2, 0) is 23.2 Å². The SMILES string of the molecule is CCCCCCCCCCCCCCOc1ccc(OCC(=O)N(Cc2cccc[n+]2C)C(C)=O)cc1OC. The fourth-order valence-corrected chi connectivity index (χ4v) is 4.47. The number of ether oxygens (including phenoxy) is 3. The summed E-state index contributed by atoms with van der Waals surface area (Å²) in [6, 6.07) is 10.9. The molecule has 0 saturated heterocycles. The number of methoxy groups -OCH3 is 1. The monoisotopic (exact) mass is 541 g/mol. The second-order valence-electron chi connectivity index (χ2n) is 10.1. The van der Waals surface area contributed by atoms with Crippen LogP contribution in [0.3, 0.4) is 0 Å². The van der Waals surface area contributed by atoms with Gasteiger partial charge in [0.1, 0.15) is 19.3 Å². The van der Waals surface area contributed by atoms with Gasteiger partial charge in [0, 0.05) is 25.1 Å². The lowest BCUT2D eigenvalue weighted by Crippen LogP contribution is -2.42. The summed E-state index contributed by atoms with van der Waals surface area (Å²) in [5.41, 5.74) is 0.845. The van der Waals surface area contributed by atoms with E-state index in [0.717, 1.165) is 18.5 Å². The summed E-state index contributed by atoms with van der Waals surface area (Å²) in [7, 11) is 3.46. The number of hydrogen-bond acceptors (Lipinski definition) is 5. The van der Waals surface area contributed by atoms with Crippen LogP contribution in [0.25, 0.3) is 0 Å². The molecular formula is C32H49N2O5+. The van der Waals surface area contributed by atoms with Crippen molar-refractivity contribution in [2.45, 2.75) is 97.4 Å². The van der Waals surface area contributed by atoms with E-state index < -0.39 is 5.91 Å². The summed E-state index contributed by atoms with van der Waals surface area (Å²) >= 11 is 0. The van der Waals surface area contributed by atoms with E-state index in [4.69, 9.17) is 14.2 Å². The van der Waals surface area contributed by atoms with Gasteiger partial charge in [0.25, 0.3) is 5.91 Å². The van der Waals surface area contributed by atoms with Gasteiger partial charge in [-0.2, -0.15) is 0 Å². The number of benzene rings is 1. The molecule has 0 unspecified atom stereocenters. The van der Waals surface area contributed by atoms with Gasteiger partial charge in [0.2, 0.25) is 11.6 Å². The molecule has 0 aliphatic carbocycles. The molecule has 0 atom stereocenters. The first-order valence-corrected chi connectivity index (χ1v) is 14.6. The number of rotatable bonds is 20. The molecule has 0 bridgehead atoms. The van der Waals surface area contributed by atoms with Crippen molar-refractivity contribution in [3.63, 3.8) is 0 Å². The summed E-state index contributed by atoms with van der Waals surface area (Å²) < 4.78 is 19.0. The topological polar surface area (TPSA) is 69.0 Å². The Hall–Kier alpha value is -3.09. The lowest BCUT2D eigenvalue weighted by molar-refractivity contribution is -0.679. The molecule has 0 fully saturated rings. The predicted octanol–water partition coefficient (Wildman–Crippen LogP) is 6.55. The maximum Gasteiger partial charge on any atom is 0.267 e. The summed E-state index contributed by atoms with van der Waals surface area (Å²) in [5.74, 6) is 0.954. The number of aromatic nitrogens is 1. The molecule has 7 heteroatoms. The van der Waals surface area contributed by atoms with Crippen LogP contribution in [0.15, 0.2) is 42.6 Å². The largest absolute Gasteiger partial charge is 0.493 e. The van der Waals surface area contributed by atoms with Crippen molar-refractivity contribution < 1.29 is 28.4 Å². The van der Waals surface area contributed by atoms with Gasteiger partial charge in [-0.3, -0.25) is 14.5 Å². The van der Waals surface area contributed by atoms with E-state index in [-0.39, 0.29) is 19.1 Å². The molecule has 7 nitrogen and oxygen atoms in total. The number of pyridine rings is 1. The number of carbonyl (C=O) groups excluding carboxylic acids is 2. The molecule has 39 heavy (non-hydrogen) atoms. The van der Waals surface area contributed by atoms with Crippen LogP contribution in [0, 0.1) is 0 Å². The highest BCUT2D eigenvalue weighted by Gasteiger charge is 2.22. The molecule has 1 heterocycles. The predicted molar refractivity (Wildman–Crippen MR) is 154 cm³/mol. The molecule has 1 aromatic heterocycles. The van der Waals surface area contributed by atoms with Gasteiger partial charge in [0.05, 0.1) is 13.7 Å². The van der Waals surface area contributed by atoms with Gasteiger partial charge in [-0.25, -0.2) is 4.57 Å². The summed E-state index contributed by atoms with van der Waals surface area (Å²) in [6.07, 6.45) is 17.5. The number of aryl methyl sites for hydroxylation is 1. The van der Waals surface area contributed by atoms with Crippen molar-refractivity contribution in [2.24, 2.45) is 7.05 Å². The molecule has 0 aliphatic heterocycles. The van der Waals surface area contributed by atoms with E-state index >= 15 is 0 Å². The Kier molecular flexibility index (Phi) is 15.7. The Morgan fingerprint density at radius 3 is 2.05 bits per heavy atom. The normalized spacial score (nSPS) is 10.8. The Balaban J connectivity index is 1.69. The van der Waals surface area contributed by atoms with Gasteiger partial charge in [-0.1, -0.05) is 83.6 Å². The molecule has 0 radical (unpaired) electrons. The molecule has 1 aromatic carbocycles. The zero-order valence-corrected chi connectivity index (χ0v) is 24.6. The third-order valence-electron chi connectivity index (χ3n) is 6.92. The minimum atomic E-state index is -0.405. The highest BCUT2D eigenvalue weighted by molar-refractivity contribution is 5.94. The first-order chi connectivity index (χ1) is 19.0. The van der Waals surface area contributed by atoms with Crippen LogP contribution in [0.4, 0.5) is 0 Å². The van der Waals surface area contributed by atoms with E-state index in [1.165, 1.54) is 76.0 Å². The Labute approximate surface area is 235 Å². The number of unbranched alkanes of at least 4 members (excludes halogenated alkanes) is 11. The Morgan fingerprint density at radius 2 is 1.46 bits per heavy atom. The average molecular weight is 542 g/mol. The third kappa shape index (κ3) is 12.5. The number of imide groups is 1. The minimum absolute atomic E-state index is 0.185. The molecule has 2 rings (SSSR count). The minimum Gasteiger partial charge on any atom is -0.493 e. The molecule has 0 saturated carbocycles. The highest BCUT2D eigenvalue weighted by atomic mass is 16.5. The molecule has 2 aromatic rings. The fraction of sp³-hybridized carbons (Fsp3) is 0.594. The number of nitrogens with zero attached hydrogens (tertiary/aromatic N) is 2. The zero-order valence-electron chi connectivity index (χ0n) is 24.6. The van der Waals surface area contributed by atoms with Crippen LogP contribution < -0.4 is 18.8 Å². The lowest BCUT2D eigenvalue weighted by Gasteiger charge is -2.18. The number of amides is 2. The lowest BCUT2D eigenvalue weighted by atomic mass is 10.1. The third-order valence-corrected chi connectivity index (χ3v) is 6.92. The second kappa shape index (κ2) is 19.0. The molecule has 0 spiro atoms. The average Bonchev–Trinajstić information content (AvgIpc) is 2.93. The highest BCUT2D eigenvalue weighted by Crippen LogP contribution is 2.31. The van der Waals surface area contributed by atoms with Gasteiger partial charge in [-0.15, -0.1) is 0 Å². The Bertz CT molecular complexity index is 994. The van der Waals surface area contributed by atoms with Crippen molar-refractivity contribution >= 4 is 11.8 Å². The fourth-order valence-electron chi connectivity index (χ4n) is 4.47. The van der Waals surface area contributed by atoms with E-state index in [1.807, 2.05) is 36.0 Å². The molecule has 0 aliphatic rings. The van der Waals surface area contributed by atoms with Crippen LogP contribution in [0.1, 0.15) is 96.6 Å². The second-order valence-corrected chi connectivity index (χ2v) is 10.1. The van der Waals surface area contributed by atoms with E-state index in [2.05, 4.69) is 6.92 Å². The van der Waals surface area contributed by atoms with Crippen LogP contribution >= 0.6 is 0 Å². The molecule has 216 valence electrons. The first-order valence-electron chi connectivity index (χ1n) is 14.6. The summed E-state index contributed by atoms with van der Waals surface area (Å²) in [5, 5.41) is 0. The molecule has 0 N–H and O–H groups in total. The van der Waals surface area contributed by atoms with Crippen molar-refractivity contribution in [3.8, 4) is 17.2 Å². The van der Waals surface area contributed by atoms with E-state index in [0.29, 0.717) is 23.9 Å². The maximum absolute atomic E-state index is 12.8. The van der Waals surface area contributed by atoms with Gasteiger partial charge in [0.15, 0.2) is 24.3 Å². The van der Waals surface area contributed by atoms with Crippen molar-refractivity contribution in [1.29, 1.82) is 0 Å². The molecular weight excluding hydrogens is 492 g/mol. The number of hydrogen-bond donors (Lipinski definition) is 0. The molecule has 2 amide bonds. The van der Waals surface area contributed by atoms with Gasteiger partial charge >= 0.3 is 0 Å². The van der Waals surface area contributed by atoms with Crippen molar-refractivity contribution in [1.82, 2.24) is 4.90 Å². The zero-order chi connectivity index (χ0) is 28.3. The van der Waals surface area contributed by atoms with Gasteiger partial charge in [-0.05, 0) is 18.6 Å². The standard InChI is InChI=1S/C32H49N2O5/c1-5-6-7-8-9-10-11-12-13-14-15-18-23-38-30-21-20-29(24-31(30)37-4)39-26-32(36)34(27(2)35)25-28-19-16-17-22-33(28)3/h16-17,19-22,24H,5-15,18,23,25-26H2,1-4H3/q+1. The Morgan fingerprint density at radius 1 is 0.821 bits per heavy atom. The van der Waals surface area contributed by atoms with E-state index in [1.54, 1.807) is 25.3 Å². The number of carbonyl (C=O) groups is 2. The maximum atomic E-state index is 12.8. The van der Waals surface area contributed by atoms with Gasteiger partial charge < -0.3 is 14.2 Å². The smallest absolute Gasteiger partial charge is 0.267 e. The van der Waals surface area contributed by atoms with Crippen molar-refractivity contribution in [2.75, 3.05) is 20.3 Å². The first kappa shape index (κ1) is 32.1. The van der Waals surface area contributed by atoms with E-state index in [9.17, 15) is 9.59 Å².